The Balaban J connectivity index is 2.17. The number of nitrogens with zero attached hydrogens (tertiary/aromatic N) is 4. The minimum atomic E-state index is -5.14. The van der Waals surface area contributed by atoms with Crippen molar-refractivity contribution in [1.29, 1.82) is 10.5 Å². The Morgan fingerprint density at radius 2 is 1.63 bits per heavy atom. The monoisotopic (exact) mass is 432 g/mol. The summed E-state index contributed by atoms with van der Waals surface area (Å²) in [7, 11) is 0. The Labute approximate surface area is 174 Å². The standard InChI is InChI=1S/C20H12F4N4OS/c1-19(2)17(29)27(18(30)28(19)13-6-3-11(9-25)4-7-13)14-8-5-12(10-26)15(16(14)21)20(22,23)24/h3-8H,1-2H3. The molecule has 0 aromatic heterocycles. The highest BCUT2D eigenvalue weighted by Gasteiger charge is 2.51. The first-order valence-corrected chi connectivity index (χ1v) is 8.84. The third kappa shape index (κ3) is 3.15. The van der Waals surface area contributed by atoms with Gasteiger partial charge in [0.2, 0.25) is 0 Å². The van der Waals surface area contributed by atoms with E-state index in [1.807, 2.05) is 6.07 Å². The molecular formula is C20H12F4N4OS. The summed E-state index contributed by atoms with van der Waals surface area (Å²) >= 11 is 5.32. The molecule has 0 unspecified atom stereocenters. The van der Waals surface area contributed by atoms with Gasteiger partial charge in [-0.2, -0.15) is 23.7 Å². The van der Waals surface area contributed by atoms with Gasteiger partial charge in [0.15, 0.2) is 10.9 Å². The predicted octanol–water partition coefficient (Wildman–Crippen LogP) is 4.50. The van der Waals surface area contributed by atoms with Crippen LogP contribution in [0.4, 0.5) is 28.9 Å². The zero-order chi connectivity index (χ0) is 22.4. The molecule has 0 atom stereocenters. The Morgan fingerprint density at radius 1 is 1.03 bits per heavy atom. The van der Waals surface area contributed by atoms with Gasteiger partial charge in [-0.15, -0.1) is 0 Å². The average Bonchev–Trinajstić information content (AvgIpc) is 2.85. The molecule has 0 bridgehead atoms. The van der Waals surface area contributed by atoms with Gasteiger partial charge in [-0.25, -0.2) is 4.39 Å². The number of nitriles is 2. The number of alkyl halides is 3. The molecule has 1 aliphatic rings. The molecule has 1 fully saturated rings. The molecule has 1 aliphatic heterocycles. The molecule has 30 heavy (non-hydrogen) atoms. The highest BCUT2D eigenvalue weighted by Crippen LogP contribution is 2.41. The first-order valence-electron chi connectivity index (χ1n) is 8.44. The molecule has 152 valence electrons. The van der Waals surface area contributed by atoms with Crippen LogP contribution in [0.5, 0.6) is 0 Å². The third-order valence-corrected chi connectivity index (χ3v) is 5.05. The van der Waals surface area contributed by atoms with Crippen molar-refractivity contribution < 1.29 is 22.4 Å². The maximum absolute atomic E-state index is 14.9. The van der Waals surface area contributed by atoms with Crippen molar-refractivity contribution >= 4 is 34.6 Å². The summed E-state index contributed by atoms with van der Waals surface area (Å²) < 4.78 is 55.0. The fourth-order valence-corrected chi connectivity index (χ4v) is 3.75. The number of rotatable bonds is 2. The molecule has 0 saturated carbocycles. The van der Waals surface area contributed by atoms with E-state index in [4.69, 9.17) is 22.7 Å². The second kappa shape index (κ2) is 7.08. The van der Waals surface area contributed by atoms with Crippen molar-refractivity contribution in [2.75, 3.05) is 9.80 Å². The van der Waals surface area contributed by atoms with Crippen LogP contribution >= 0.6 is 12.2 Å². The fraction of sp³-hybridized carbons (Fsp3) is 0.200. The van der Waals surface area contributed by atoms with Crippen LogP contribution in [0.25, 0.3) is 0 Å². The van der Waals surface area contributed by atoms with Gasteiger partial charge in [0, 0.05) is 5.69 Å². The summed E-state index contributed by atoms with van der Waals surface area (Å²) in [5.41, 5.74) is -3.93. The molecule has 1 saturated heterocycles. The van der Waals surface area contributed by atoms with E-state index in [2.05, 4.69) is 0 Å². The van der Waals surface area contributed by atoms with Gasteiger partial charge in [-0.3, -0.25) is 9.69 Å². The van der Waals surface area contributed by atoms with Gasteiger partial charge in [0.1, 0.15) is 11.1 Å². The number of benzene rings is 2. The van der Waals surface area contributed by atoms with Crippen LogP contribution in [0.3, 0.4) is 0 Å². The summed E-state index contributed by atoms with van der Waals surface area (Å²) in [6.45, 7) is 2.98. The molecule has 0 N–H and O–H groups in total. The van der Waals surface area contributed by atoms with Crippen molar-refractivity contribution in [2.45, 2.75) is 25.6 Å². The van der Waals surface area contributed by atoms with Crippen LogP contribution in [0.2, 0.25) is 0 Å². The number of thiocarbonyl (C=S) groups is 1. The Kier molecular flexibility index (Phi) is 5.01. The molecule has 2 aromatic rings. The summed E-state index contributed by atoms with van der Waals surface area (Å²) in [6, 6.07) is 11.0. The average molecular weight is 432 g/mol. The van der Waals surface area contributed by atoms with E-state index >= 15 is 0 Å². The molecule has 0 spiro atoms. The fourth-order valence-electron chi connectivity index (χ4n) is 3.23. The Bertz CT molecular complexity index is 1140. The van der Waals surface area contributed by atoms with E-state index in [9.17, 15) is 22.4 Å². The zero-order valence-electron chi connectivity index (χ0n) is 15.6. The highest BCUT2D eigenvalue weighted by atomic mass is 32.1. The highest BCUT2D eigenvalue weighted by molar-refractivity contribution is 7.81. The van der Waals surface area contributed by atoms with E-state index in [0.29, 0.717) is 16.2 Å². The molecule has 0 radical (unpaired) electrons. The number of carbonyl (C=O) groups excluding carboxylic acids is 1. The van der Waals surface area contributed by atoms with E-state index in [1.165, 1.54) is 49.1 Å². The van der Waals surface area contributed by atoms with Gasteiger partial charge < -0.3 is 4.90 Å². The molecule has 10 heteroatoms. The van der Waals surface area contributed by atoms with E-state index in [-0.39, 0.29) is 5.11 Å². The van der Waals surface area contributed by atoms with Crippen LogP contribution in [0, 0.1) is 28.5 Å². The quantitative estimate of drug-likeness (QED) is 0.516. The predicted molar refractivity (Wildman–Crippen MR) is 104 cm³/mol. The summed E-state index contributed by atoms with van der Waals surface area (Å²) in [6.07, 6.45) is -5.14. The first-order chi connectivity index (χ1) is 13.9. The number of hydrogen-bond acceptors (Lipinski definition) is 4. The van der Waals surface area contributed by atoms with Crippen LogP contribution < -0.4 is 9.80 Å². The smallest absolute Gasteiger partial charge is 0.304 e. The lowest BCUT2D eigenvalue weighted by Gasteiger charge is -2.29. The van der Waals surface area contributed by atoms with Crippen molar-refractivity contribution in [2.24, 2.45) is 0 Å². The number of amides is 1. The van der Waals surface area contributed by atoms with Gasteiger partial charge >= 0.3 is 6.18 Å². The molecular weight excluding hydrogens is 420 g/mol. The van der Waals surface area contributed by atoms with Crippen molar-refractivity contribution in [3.05, 3.63) is 58.9 Å². The van der Waals surface area contributed by atoms with Crippen LogP contribution in [0.15, 0.2) is 36.4 Å². The zero-order valence-corrected chi connectivity index (χ0v) is 16.4. The maximum atomic E-state index is 14.9. The second-order valence-electron chi connectivity index (χ2n) is 6.91. The first kappa shape index (κ1) is 21.2. The number of hydrogen-bond donors (Lipinski definition) is 0. The van der Waals surface area contributed by atoms with Crippen LogP contribution in [-0.2, 0) is 11.0 Å². The summed E-state index contributed by atoms with van der Waals surface area (Å²) in [5, 5.41) is 17.6. The summed E-state index contributed by atoms with van der Waals surface area (Å²) in [4.78, 5) is 15.1. The van der Waals surface area contributed by atoms with Crippen molar-refractivity contribution in [1.82, 2.24) is 0 Å². The molecule has 5 nitrogen and oxygen atoms in total. The van der Waals surface area contributed by atoms with Crippen LogP contribution in [0.1, 0.15) is 30.5 Å². The lowest BCUT2D eigenvalue weighted by Crippen LogP contribution is -2.44. The SMILES string of the molecule is CC1(C)C(=O)N(c2ccc(C#N)c(C(F)(F)F)c2F)C(=S)N1c1ccc(C#N)cc1. The molecule has 1 amide bonds. The lowest BCUT2D eigenvalue weighted by atomic mass is 10.0. The van der Waals surface area contributed by atoms with Crippen LogP contribution in [-0.4, -0.2) is 16.6 Å². The minimum absolute atomic E-state index is 0.230. The molecule has 3 rings (SSSR count). The second-order valence-corrected chi connectivity index (χ2v) is 7.27. The van der Waals surface area contributed by atoms with Gasteiger partial charge in [-0.1, -0.05) is 0 Å². The van der Waals surface area contributed by atoms with Gasteiger partial charge in [-0.05, 0) is 62.5 Å². The number of carbonyl (C=O) groups is 1. The van der Waals surface area contributed by atoms with Crippen molar-refractivity contribution in [3.8, 4) is 12.1 Å². The molecule has 1 heterocycles. The number of anilines is 2. The molecule has 2 aromatic carbocycles. The van der Waals surface area contributed by atoms with Crippen molar-refractivity contribution in [3.63, 3.8) is 0 Å². The Hall–Kier alpha value is -3.50. The van der Waals surface area contributed by atoms with Gasteiger partial charge in [0.25, 0.3) is 5.91 Å². The van der Waals surface area contributed by atoms with E-state index in [0.717, 1.165) is 12.1 Å². The van der Waals surface area contributed by atoms with Gasteiger partial charge in [0.05, 0.1) is 29.0 Å². The Morgan fingerprint density at radius 3 is 2.13 bits per heavy atom. The lowest BCUT2D eigenvalue weighted by molar-refractivity contribution is -0.140. The largest absolute Gasteiger partial charge is 0.420 e. The molecule has 0 aliphatic carbocycles. The normalized spacial score (nSPS) is 15.9. The van der Waals surface area contributed by atoms with E-state index in [1.54, 1.807) is 0 Å². The summed E-state index contributed by atoms with van der Waals surface area (Å²) in [5.74, 6) is -2.50. The minimum Gasteiger partial charge on any atom is -0.304 e. The third-order valence-electron chi connectivity index (χ3n) is 4.69. The maximum Gasteiger partial charge on any atom is 0.420 e. The van der Waals surface area contributed by atoms with E-state index < -0.39 is 40.3 Å². The topological polar surface area (TPSA) is 71.1 Å². The number of halogens is 4.